The summed E-state index contributed by atoms with van der Waals surface area (Å²) in [6.07, 6.45) is 0.807. The van der Waals surface area contributed by atoms with E-state index in [0.29, 0.717) is 15.7 Å². The van der Waals surface area contributed by atoms with Crippen LogP contribution < -0.4 is 0 Å². The third kappa shape index (κ3) is 3.44. The first-order valence-corrected chi connectivity index (χ1v) is 8.80. The van der Waals surface area contributed by atoms with E-state index in [0.717, 1.165) is 21.2 Å². The van der Waals surface area contributed by atoms with Crippen LogP contribution in [0.2, 0.25) is 10.0 Å². The smallest absolute Gasteiger partial charge is 0.125 e. The fourth-order valence-electron chi connectivity index (χ4n) is 2.44. The number of pyridine rings is 1. The maximum Gasteiger partial charge on any atom is 0.125 e. The largest absolute Gasteiger partial charge is 0.382 e. The van der Waals surface area contributed by atoms with E-state index in [1.165, 1.54) is 11.8 Å². The molecule has 0 amide bonds. The molecule has 0 spiro atoms. The molecular weight excluding hydrogens is 365 g/mol. The van der Waals surface area contributed by atoms with Crippen molar-refractivity contribution in [2.45, 2.75) is 22.9 Å². The van der Waals surface area contributed by atoms with Gasteiger partial charge in [0.2, 0.25) is 0 Å². The van der Waals surface area contributed by atoms with E-state index >= 15 is 0 Å². The van der Waals surface area contributed by atoms with Crippen LogP contribution in [0.3, 0.4) is 0 Å². The summed E-state index contributed by atoms with van der Waals surface area (Å²) in [7, 11) is 1.84. The molecule has 124 valence electrons. The Morgan fingerprint density at radius 1 is 1.21 bits per heavy atom. The summed E-state index contributed by atoms with van der Waals surface area (Å²) in [6, 6.07) is 10.8. The normalized spacial score (nSPS) is 12.4. The SMILES string of the molecule is Cc1nn(C)c(Sc2ccc(Cl)cc2Cl)c1C(O)c1ccccn1. The summed E-state index contributed by atoms with van der Waals surface area (Å²) in [6.45, 7) is 1.87. The quantitative estimate of drug-likeness (QED) is 0.715. The first-order chi connectivity index (χ1) is 11.5. The van der Waals surface area contributed by atoms with E-state index in [4.69, 9.17) is 23.2 Å². The molecule has 0 saturated carbocycles. The molecule has 0 radical (unpaired) electrons. The molecule has 0 saturated heterocycles. The second-order valence-corrected chi connectivity index (χ2v) is 7.14. The molecule has 0 fully saturated rings. The fourth-order valence-corrected chi connectivity index (χ4v) is 4.00. The zero-order valence-corrected chi connectivity index (χ0v) is 15.4. The van der Waals surface area contributed by atoms with Gasteiger partial charge in [0, 0.05) is 28.7 Å². The lowest BCUT2D eigenvalue weighted by Crippen LogP contribution is -2.04. The van der Waals surface area contributed by atoms with Crippen LogP contribution in [0.5, 0.6) is 0 Å². The Labute approximate surface area is 154 Å². The van der Waals surface area contributed by atoms with Crippen molar-refractivity contribution >= 4 is 35.0 Å². The highest BCUT2D eigenvalue weighted by Crippen LogP contribution is 2.40. The highest BCUT2D eigenvalue weighted by molar-refractivity contribution is 7.99. The van der Waals surface area contributed by atoms with Crippen LogP contribution in [0.4, 0.5) is 0 Å². The Morgan fingerprint density at radius 3 is 2.67 bits per heavy atom. The molecule has 0 aliphatic rings. The number of benzene rings is 1. The topological polar surface area (TPSA) is 50.9 Å². The van der Waals surface area contributed by atoms with Gasteiger partial charge in [-0.3, -0.25) is 9.67 Å². The Kier molecular flexibility index (Phi) is 5.15. The Morgan fingerprint density at radius 2 is 2.00 bits per heavy atom. The third-order valence-corrected chi connectivity index (χ3v) is 5.47. The van der Waals surface area contributed by atoms with Gasteiger partial charge in [-0.2, -0.15) is 5.10 Å². The Hall–Kier alpha value is -1.53. The molecule has 3 rings (SSSR count). The summed E-state index contributed by atoms with van der Waals surface area (Å²) in [5.74, 6) is 0. The van der Waals surface area contributed by atoms with E-state index in [-0.39, 0.29) is 0 Å². The van der Waals surface area contributed by atoms with Gasteiger partial charge in [0.15, 0.2) is 0 Å². The third-order valence-electron chi connectivity index (χ3n) is 3.56. The first-order valence-electron chi connectivity index (χ1n) is 7.22. The van der Waals surface area contributed by atoms with E-state index in [2.05, 4.69) is 10.1 Å². The zero-order chi connectivity index (χ0) is 17.3. The van der Waals surface area contributed by atoms with Gasteiger partial charge in [0.05, 0.1) is 16.4 Å². The molecular formula is C17H15Cl2N3OS. The Balaban J connectivity index is 2.02. The molecule has 1 atom stereocenters. The van der Waals surface area contributed by atoms with Crippen LogP contribution in [0.25, 0.3) is 0 Å². The van der Waals surface area contributed by atoms with E-state index < -0.39 is 6.10 Å². The number of aromatic nitrogens is 3. The number of rotatable bonds is 4. The van der Waals surface area contributed by atoms with Gasteiger partial charge in [0.25, 0.3) is 0 Å². The molecule has 0 aliphatic heterocycles. The number of aryl methyl sites for hydroxylation is 2. The first kappa shape index (κ1) is 17.3. The predicted octanol–water partition coefficient (Wildman–Crippen LogP) is 4.66. The van der Waals surface area contributed by atoms with Gasteiger partial charge in [-0.15, -0.1) is 0 Å². The number of hydrogen-bond donors (Lipinski definition) is 1. The zero-order valence-electron chi connectivity index (χ0n) is 13.1. The monoisotopic (exact) mass is 379 g/mol. The van der Waals surface area contributed by atoms with Crippen LogP contribution in [0.15, 0.2) is 52.5 Å². The highest BCUT2D eigenvalue weighted by Gasteiger charge is 2.24. The van der Waals surface area contributed by atoms with Crippen molar-refractivity contribution in [1.29, 1.82) is 0 Å². The van der Waals surface area contributed by atoms with Crippen LogP contribution in [0, 0.1) is 6.92 Å². The van der Waals surface area contributed by atoms with E-state index in [1.54, 1.807) is 29.1 Å². The lowest BCUT2D eigenvalue weighted by Gasteiger charge is -2.13. The van der Waals surface area contributed by atoms with Crippen LogP contribution in [0.1, 0.15) is 23.1 Å². The van der Waals surface area contributed by atoms with Crippen molar-refractivity contribution in [2.24, 2.45) is 7.05 Å². The lowest BCUT2D eigenvalue weighted by molar-refractivity contribution is 0.211. The van der Waals surface area contributed by atoms with Gasteiger partial charge in [-0.05, 0) is 37.3 Å². The molecule has 7 heteroatoms. The maximum atomic E-state index is 10.8. The lowest BCUT2D eigenvalue weighted by atomic mass is 10.1. The number of halogens is 2. The van der Waals surface area contributed by atoms with Crippen LogP contribution >= 0.6 is 35.0 Å². The highest BCUT2D eigenvalue weighted by atomic mass is 35.5. The van der Waals surface area contributed by atoms with Crippen LogP contribution in [-0.4, -0.2) is 19.9 Å². The molecule has 1 aromatic carbocycles. The molecule has 2 heterocycles. The van der Waals surface area contributed by atoms with E-state index in [9.17, 15) is 5.11 Å². The minimum atomic E-state index is -0.853. The summed E-state index contributed by atoms with van der Waals surface area (Å²) in [5.41, 5.74) is 2.06. The molecule has 2 aromatic heterocycles. The van der Waals surface area contributed by atoms with Crippen molar-refractivity contribution < 1.29 is 5.11 Å². The summed E-state index contributed by atoms with van der Waals surface area (Å²) in [4.78, 5) is 5.09. The van der Waals surface area contributed by atoms with Crippen molar-refractivity contribution in [3.63, 3.8) is 0 Å². The minimum absolute atomic E-state index is 0.560. The standard InChI is InChI=1S/C17H15Cl2N3OS/c1-10-15(16(23)13-5-3-4-8-20-13)17(22(2)21-10)24-14-7-6-11(18)9-12(14)19/h3-9,16,23H,1-2H3. The van der Waals surface area contributed by atoms with Crippen molar-refractivity contribution in [2.75, 3.05) is 0 Å². The predicted molar refractivity (Wildman–Crippen MR) is 96.8 cm³/mol. The molecule has 1 N–H and O–H groups in total. The second kappa shape index (κ2) is 7.15. The number of nitrogens with zero attached hydrogens (tertiary/aromatic N) is 3. The van der Waals surface area contributed by atoms with Gasteiger partial charge >= 0.3 is 0 Å². The van der Waals surface area contributed by atoms with Gasteiger partial charge in [0.1, 0.15) is 11.1 Å². The summed E-state index contributed by atoms with van der Waals surface area (Å²) in [5, 5.41) is 17.2. The average molecular weight is 380 g/mol. The fraction of sp³-hybridized carbons (Fsp3) is 0.176. The van der Waals surface area contributed by atoms with Crippen molar-refractivity contribution in [1.82, 2.24) is 14.8 Å². The maximum absolute atomic E-state index is 10.8. The number of hydrogen-bond acceptors (Lipinski definition) is 4. The summed E-state index contributed by atoms with van der Waals surface area (Å²) >= 11 is 13.7. The molecule has 3 aromatic rings. The van der Waals surface area contributed by atoms with Crippen molar-refractivity contribution in [3.05, 3.63) is 69.6 Å². The number of aliphatic hydroxyl groups excluding tert-OH is 1. The molecule has 0 bridgehead atoms. The molecule has 0 aliphatic carbocycles. The summed E-state index contributed by atoms with van der Waals surface area (Å²) < 4.78 is 1.74. The second-order valence-electron chi connectivity index (χ2n) is 5.26. The van der Waals surface area contributed by atoms with Crippen molar-refractivity contribution in [3.8, 4) is 0 Å². The van der Waals surface area contributed by atoms with Gasteiger partial charge in [-0.25, -0.2) is 0 Å². The molecule has 1 unspecified atom stereocenters. The van der Waals surface area contributed by atoms with E-state index in [1.807, 2.05) is 32.2 Å². The Bertz CT molecular complexity index is 868. The van der Waals surface area contributed by atoms with Gasteiger partial charge < -0.3 is 5.11 Å². The minimum Gasteiger partial charge on any atom is -0.382 e. The molecule has 24 heavy (non-hydrogen) atoms. The van der Waals surface area contributed by atoms with Crippen LogP contribution in [-0.2, 0) is 7.05 Å². The van der Waals surface area contributed by atoms with Gasteiger partial charge in [-0.1, -0.05) is 41.0 Å². The number of aliphatic hydroxyl groups is 1. The molecule has 4 nitrogen and oxygen atoms in total. The average Bonchev–Trinajstić information content (AvgIpc) is 2.84.